The van der Waals surface area contributed by atoms with Gasteiger partial charge in [0, 0.05) is 32.0 Å². The number of carbonyl (C=O) groups is 2. The van der Waals surface area contributed by atoms with Crippen molar-refractivity contribution in [3.63, 3.8) is 0 Å². The van der Waals surface area contributed by atoms with Crippen molar-refractivity contribution < 1.29 is 31.2 Å². The SMILES string of the molecule is Cc1cccc(CN(C(=O)CCCN(c2cccc(C(F)(F)F)c2)S(C)(=O)=O)[C@H](Cc2ccccc2)C(=O)NC2CCCCC2)c1. The Morgan fingerprint density at radius 3 is 2.24 bits per heavy atom. The third kappa shape index (κ3) is 10.1. The summed E-state index contributed by atoms with van der Waals surface area (Å²) < 4.78 is 66.3. The first kappa shape index (κ1) is 35.0. The van der Waals surface area contributed by atoms with E-state index in [4.69, 9.17) is 0 Å². The predicted molar refractivity (Wildman–Crippen MR) is 174 cm³/mol. The molecule has 1 N–H and O–H groups in total. The Morgan fingerprint density at radius 2 is 1.59 bits per heavy atom. The van der Waals surface area contributed by atoms with E-state index in [2.05, 4.69) is 5.32 Å². The summed E-state index contributed by atoms with van der Waals surface area (Å²) in [5, 5.41) is 3.19. The first-order valence-electron chi connectivity index (χ1n) is 15.7. The number of alkyl halides is 3. The summed E-state index contributed by atoms with van der Waals surface area (Å²) in [6.07, 6.45) is 1.44. The van der Waals surface area contributed by atoms with Crippen LogP contribution in [-0.4, -0.2) is 50.0 Å². The van der Waals surface area contributed by atoms with Crippen LogP contribution in [0.5, 0.6) is 0 Å². The van der Waals surface area contributed by atoms with E-state index in [1.165, 1.54) is 6.07 Å². The molecule has 1 aliphatic carbocycles. The highest BCUT2D eigenvalue weighted by molar-refractivity contribution is 7.92. The lowest BCUT2D eigenvalue weighted by Crippen LogP contribution is -2.53. The van der Waals surface area contributed by atoms with Crippen molar-refractivity contribution in [1.29, 1.82) is 0 Å². The average Bonchev–Trinajstić information content (AvgIpc) is 3.01. The van der Waals surface area contributed by atoms with Gasteiger partial charge < -0.3 is 10.2 Å². The average molecular weight is 658 g/mol. The maximum Gasteiger partial charge on any atom is 0.416 e. The molecule has 1 fully saturated rings. The number of amides is 2. The normalized spacial score (nSPS) is 14.8. The van der Waals surface area contributed by atoms with Crippen LogP contribution in [0, 0.1) is 6.92 Å². The third-order valence-corrected chi connectivity index (χ3v) is 9.47. The van der Waals surface area contributed by atoms with Crippen LogP contribution in [0.2, 0.25) is 0 Å². The van der Waals surface area contributed by atoms with Crippen molar-refractivity contribution >= 4 is 27.5 Å². The topological polar surface area (TPSA) is 86.8 Å². The largest absolute Gasteiger partial charge is 0.416 e. The van der Waals surface area contributed by atoms with Crippen molar-refractivity contribution in [2.45, 2.75) is 83.1 Å². The summed E-state index contributed by atoms with van der Waals surface area (Å²) in [7, 11) is -3.96. The van der Waals surface area contributed by atoms with E-state index in [1.807, 2.05) is 61.5 Å². The number of aryl methyl sites for hydroxylation is 1. The minimum Gasteiger partial charge on any atom is -0.352 e. The van der Waals surface area contributed by atoms with E-state index in [0.29, 0.717) is 0 Å². The number of hydrogen-bond donors (Lipinski definition) is 1. The molecule has 2 amide bonds. The van der Waals surface area contributed by atoms with Crippen LogP contribution in [0.25, 0.3) is 0 Å². The van der Waals surface area contributed by atoms with Gasteiger partial charge in [0.1, 0.15) is 6.04 Å². The number of halogens is 3. The second-order valence-corrected chi connectivity index (χ2v) is 14.0. The second kappa shape index (κ2) is 15.6. The van der Waals surface area contributed by atoms with Gasteiger partial charge in [0.25, 0.3) is 0 Å². The van der Waals surface area contributed by atoms with Crippen LogP contribution in [0.15, 0.2) is 78.9 Å². The molecule has 248 valence electrons. The van der Waals surface area contributed by atoms with E-state index in [1.54, 1.807) is 4.90 Å². The van der Waals surface area contributed by atoms with E-state index >= 15 is 0 Å². The zero-order valence-corrected chi connectivity index (χ0v) is 27.1. The summed E-state index contributed by atoms with van der Waals surface area (Å²) in [5.41, 5.74) is 1.64. The molecule has 4 rings (SSSR count). The maximum absolute atomic E-state index is 14.0. The Hall–Kier alpha value is -3.86. The molecular weight excluding hydrogens is 615 g/mol. The van der Waals surface area contributed by atoms with Crippen LogP contribution >= 0.6 is 0 Å². The van der Waals surface area contributed by atoms with Gasteiger partial charge in [-0.15, -0.1) is 0 Å². The zero-order chi connectivity index (χ0) is 33.3. The minimum atomic E-state index is -4.64. The lowest BCUT2D eigenvalue weighted by atomic mass is 9.94. The summed E-state index contributed by atoms with van der Waals surface area (Å²) in [4.78, 5) is 29.6. The third-order valence-electron chi connectivity index (χ3n) is 8.27. The summed E-state index contributed by atoms with van der Waals surface area (Å²) >= 11 is 0. The van der Waals surface area contributed by atoms with Crippen LogP contribution in [0.1, 0.15) is 67.2 Å². The van der Waals surface area contributed by atoms with Crippen molar-refractivity contribution in [2.24, 2.45) is 0 Å². The molecule has 3 aromatic rings. The summed E-state index contributed by atoms with van der Waals surface area (Å²) in [6, 6.07) is 20.5. The Bertz CT molecular complexity index is 1580. The second-order valence-electron chi connectivity index (χ2n) is 12.0. The lowest BCUT2D eigenvalue weighted by Gasteiger charge is -2.34. The van der Waals surface area contributed by atoms with Crippen molar-refractivity contribution in [3.8, 4) is 0 Å². The first-order valence-corrected chi connectivity index (χ1v) is 17.5. The zero-order valence-electron chi connectivity index (χ0n) is 26.3. The van der Waals surface area contributed by atoms with Crippen LogP contribution in [0.3, 0.4) is 0 Å². The van der Waals surface area contributed by atoms with Crippen molar-refractivity contribution in [1.82, 2.24) is 10.2 Å². The van der Waals surface area contributed by atoms with Crippen molar-refractivity contribution in [3.05, 3.63) is 101 Å². The maximum atomic E-state index is 14.0. The molecule has 7 nitrogen and oxygen atoms in total. The number of nitrogens with zero attached hydrogens (tertiary/aromatic N) is 2. The molecule has 0 spiro atoms. The molecule has 0 bridgehead atoms. The molecule has 1 saturated carbocycles. The Labute approximate surface area is 269 Å². The highest BCUT2D eigenvalue weighted by Crippen LogP contribution is 2.32. The van der Waals surface area contributed by atoms with Gasteiger partial charge >= 0.3 is 6.18 Å². The molecule has 11 heteroatoms. The van der Waals surface area contributed by atoms with E-state index in [9.17, 15) is 31.2 Å². The monoisotopic (exact) mass is 657 g/mol. The first-order chi connectivity index (χ1) is 21.8. The summed E-state index contributed by atoms with van der Waals surface area (Å²) in [5.74, 6) is -0.586. The van der Waals surface area contributed by atoms with Gasteiger partial charge in [0.15, 0.2) is 0 Å². The number of anilines is 1. The van der Waals surface area contributed by atoms with E-state index < -0.39 is 27.8 Å². The molecule has 0 unspecified atom stereocenters. The minimum absolute atomic E-state index is 0.0335. The van der Waals surface area contributed by atoms with Gasteiger partial charge in [-0.1, -0.05) is 85.5 Å². The van der Waals surface area contributed by atoms with Crippen LogP contribution in [-0.2, 0) is 38.8 Å². The van der Waals surface area contributed by atoms with Gasteiger partial charge in [-0.05, 0) is 55.5 Å². The van der Waals surface area contributed by atoms with Crippen molar-refractivity contribution in [2.75, 3.05) is 17.1 Å². The van der Waals surface area contributed by atoms with E-state index in [0.717, 1.165) is 77.6 Å². The molecule has 0 aliphatic heterocycles. The fourth-order valence-electron chi connectivity index (χ4n) is 5.95. The number of carbonyl (C=O) groups excluding carboxylic acids is 2. The number of sulfonamides is 1. The molecular formula is C35H42F3N3O4S. The molecule has 0 radical (unpaired) electrons. The number of benzene rings is 3. The number of rotatable bonds is 13. The molecule has 0 aromatic heterocycles. The standard InChI is InChI=1S/C35H42F3N3O4S/c1-26-12-9-15-28(22-26)25-40(32(23-27-13-5-3-6-14-27)34(43)39-30-17-7-4-8-18-30)33(42)20-11-21-41(46(2,44)45)31-19-10-16-29(24-31)35(36,37)38/h3,5-6,9-10,12-16,19,22,24,30,32H,4,7-8,11,17-18,20-21,23,25H2,1-2H3,(H,39,43)/t32-/m1/s1. The molecule has 0 heterocycles. The smallest absolute Gasteiger partial charge is 0.352 e. The molecule has 1 atom stereocenters. The molecule has 3 aromatic carbocycles. The van der Waals surface area contributed by atoms with Crippen LogP contribution in [0.4, 0.5) is 18.9 Å². The van der Waals surface area contributed by atoms with Gasteiger partial charge in [0.05, 0.1) is 17.5 Å². The summed E-state index contributed by atoms with van der Waals surface area (Å²) in [6.45, 7) is 1.90. The molecule has 0 saturated heterocycles. The van der Waals surface area contributed by atoms with Gasteiger partial charge in [0.2, 0.25) is 21.8 Å². The fraction of sp³-hybridized carbons (Fsp3) is 0.429. The molecule has 46 heavy (non-hydrogen) atoms. The Kier molecular flexibility index (Phi) is 11.9. The van der Waals surface area contributed by atoms with Gasteiger partial charge in [-0.25, -0.2) is 8.42 Å². The van der Waals surface area contributed by atoms with Gasteiger partial charge in [-0.3, -0.25) is 13.9 Å². The predicted octanol–water partition coefficient (Wildman–Crippen LogP) is 6.65. The molecule has 1 aliphatic rings. The number of nitrogens with one attached hydrogen (secondary N) is 1. The Morgan fingerprint density at radius 1 is 0.913 bits per heavy atom. The number of hydrogen-bond acceptors (Lipinski definition) is 4. The lowest BCUT2D eigenvalue weighted by molar-refractivity contribution is -0.141. The highest BCUT2D eigenvalue weighted by Gasteiger charge is 2.33. The Balaban J connectivity index is 1.60. The van der Waals surface area contributed by atoms with Gasteiger partial charge in [-0.2, -0.15) is 13.2 Å². The van der Waals surface area contributed by atoms with Crippen LogP contribution < -0.4 is 9.62 Å². The highest BCUT2D eigenvalue weighted by atomic mass is 32.2. The fourth-order valence-corrected chi connectivity index (χ4v) is 6.90. The van der Waals surface area contributed by atoms with E-state index in [-0.39, 0.29) is 55.9 Å². The quantitative estimate of drug-likeness (QED) is 0.223.